The molecule has 4 rings (SSSR count). The number of aryl methyl sites for hydroxylation is 2. The van der Waals surface area contributed by atoms with Crippen molar-refractivity contribution in [2.75, 3.05) is 49.1 Å². The van der Waals surface area contributed by atoms with Crippen molar-refractivity contribution in [3.63, 3.8) is 0 Å². The highest BCUT2D eigenvalue weighted by molar-refractivity contribution is 5.94. The van der Waals surface area contributed by atoms with Crippen LogP contribution in [0.15, 0.2) is 30.3 Å². The van der Waals surface area contributed by atoms with Crippen LogP contribution >= 0.6 is 0 Å². The Bertz CT molecular complexity index is 823. The largest absolute Gasteiger partial charge is 0.353 e. The second-order valence-electron chi connectivity index (χ2n) is 7.51. The van der Waals surface area contributed by atoms with Crippen molar-refractivity contribution < 1.29 is 4.79 Å². The first-order chi connectivity index (χ1) is 13.1. The van der Waals surface area contributed by atoms with E-state index in [0.29, 0.717) is 0 Å². The summed E-state index contributed by atoms with van der Waals surface area (Å²) < 4.78 is 0. The van der Waals surface area contributed by atoms with Crippen LogP contribution in [-0.2, 0) is 0 Å². The third kappa shape index (κ3) is 3.89. The molecule has 0 atom stereocenters. The molecule has 2 aromatic rings. The molecule has 142 valence electrons. The Morgan fingerprint density at radius 1 is 0.889 bits per heavy atom. The first-order valence-corrected chi connectivity index (χ1v) is 9.82. The first kappa shape index (κ1) is 17.8. The van der Waals surface area contributed by atoms with Crippen LogP contribution in [0.4, 0.5) is 11.8 Å². The number of carbonyl (C=O) groups is 1. The lowest BCUT2D eigenvalue weighted by Crippen LogP contribution is -2.49. The Hall–Kier alpha value is -2.63. The number of piperazine rings is 1. The minimum absolute atomic E-state index is 0.120. The lowest BCUT2D eigenvalue weighted by atomic mass is 10.1. The van der Waals surface area contributed by atoms with E-state index >= 15 is 0 Å². The summed E-state index contributed by atoms with van der Waals surface area (Å²) in [5.74, 6) is 1.95. The maximum atomic E-state index is 12.8. The quantitative estimate of drug-likeness (QED) is 0.837. The van der Waals surface area contributed by atoms with Crippen LogP contribution in [0.25, 0.3) is 0 Å². The highest BCUT2D eigenvalue weighted by Crippen LogP contribution is 2.22. The average molecular weight is 365 g/mol. The van der Waals surface area contributed by atoms with E-state index in [0.717, 1.165) is 67.9 Å². The summed E-state index contributed by atoms with van der Waals surface area (Å²) in [6.07, 6.45) is 2.43. The van der Waals surface area contributed by atoms with Crippen molar-refractivity contribution in [3.8, 4) is 0 Å². The molecule has 2 aliphatic heterocycles. The second kappa shape index (κ2) is 7.55. The van der Waals surface area contributed by atoms with Crippen molar-refractivity contribution in [1.29, 1.82) is 0 Å². The van der Waals surface area contributed by atoms with Gasteiger partial charge in [-0.2, -0.15) is 4.98 Å². The predicted molar refractivity (Wildman–Crippen MR) is 108 cm³/mol. The minimum atomic E-state index is 0.120. The molecule has 1 aromatic carbocycles. The lowest BCUT2D eigenvalue weighted by Gasteiger charge is -2.35. The van der Waals surface area contributed by atoms with Crippen LogP contribution in [0.3, 0.4) is 0 Å². The summed E-state index contributed by atoms with van der Waals surface area (Å²) in [4.78, 5) is 28.7. The predicted octanol–water partition coefficient (Wildman–Crippen LogP) is 2.66. The maximum absolute atomic E-state index is 12.8. The maximum Gasteiger partial charge on any atom is 0.253 e. The molecule has 0 aliphatic carbocycles. The Morgan fingerprint density at radius 3 is 2.33 bits per heavy atom. The average Bonchev–Trinajstić information content (AvgIpc) is 3.22. The highest BCUT2D eigenvalue weighted by Gasteiger charge is 2.24. The smallest absolute Gasteiger partial charge is 0.253 e. The summed E-state index contributed by atoms with van der Waals surface area (Å²) in [5.41, 5.74) is 2.89. The number of amides is 1. The molecule has 2 saturated heterocycles. The number of rotatable bonds is 3. The Balaban J connectivity index is 1.44. The monoisotopic (exact) mass is 365 g/mol. The summed E-state index contributed by atoms with van der Waals surface area (Å²) in [6.45, 7) is 9.17. The Kier molecular flexibility index (Phi) is 4.97. The number of hydrogen-bond donors (Lipinski definition) is 0. The molecular weight excluding hydrogens is 338 g/mol. The van der Waals surface area contributed by atoms with Crippen LogP contribution in [0, 0.1) is 13.8 Å². The molecule has 0 bridgehead atoms. The van der Waals surface area contributed by atoms with Gasteiger partial charge in [0.05, 0.1) is 0 Å². The van der Waals surface area contributed by atoms with Crippen molar-refractivity contribution in [2.45, 2.75) is 26.7 Å². The number of carbonyl (C=O) groups excluding carboxylic acids is 1. The van der Waals surface area contributed by atoms with Gasteiger partial charge in [-0.3, -0.25) is 4.79 Å². The van der Waals surface area contributed by atoms with Crippen molar-refractivity contribution in [3.05, 3.63) is 47.2 Å². The summed E-state index contributed by atoms with van der Waals surface area (Å²) in [6, 6.07) is 9.88. The number of benzene rings is 1. The fourth-order valence-electron chi connectivity index (χ4n) is 3.86. The summed E-state index contributed by atoms with van der Waals surface area (Å²) in [5, 5.41) is 0. The molecule has 27 heavy (non-hydrogen) atoms. The van der Waals surface area contributed by atoms with Crippen LogP contribution in [0.1, 0.15) is 34.5 Å². The van der Waals surface area contributed by atoms with Gasteiger partial charge in [-0.25, -0.2) is 4.98 Å². The molecule has 6 heteroatoms. The minimum Gasteiger partial charge on any atom is -0.353 e. The van der Waals surface area contributed by atoms with Crippen LogP contribution in [-0.4, -0.2) is 60.0 Å². The van der Waals surface area contributed by atoms with Crippen molar-refractivity contribution in [2.24, 2.45) is 0 Å². The Labute approximate surface area is 160 Å². The molecular formula is C21H27N5O. The number of hydrogen-bond acceptors (Lipinski definition) is 5. The fourth-order valence-corrected chi connectivity index (χ4v) is 3.86. The van der Waals surface area contributed by atoms with E-state index < -0.39 is 0 Å². The van der Waals surface area contributed by atoms with Gasteiger partial charge in [0, 0.05) is 56.6 Å². The van der Waals surface area contributed by atoms with Crippen molar-refractivity contribution >= 4 is 17.7 Å². The van der Waals surface area contributed by atoms with E-state index in [2.05, 4.69) is 20.9 Å². The van der Waals surface area contributed by atoms with Gasteiger partial charge in [0.25, 0.3) is 5.91 Å². The zero-order chi connectivity index (χ0) is 18.8. The third-order valence-electron chi connectivity index (χ3n) is 5.37. The Morgan fingerprint density at radius 2 is 1.63 bits per heavy atom. The standard InChI is InChI=1S/C21H27N5O/c1-16-6-5-7-18(14-16)20(27)25-12-10-24(11-13-25)19-15-17(2)22-21(23-19)26-8-3-4-9-26/h5-7,14-15H,3-4,8-13H2,1-2H3. The molecule has 0 spiro atoms. The van der Waals surface area contributed by atoms with E-state index in [9.17, 15) is 4.79 Å². The van der Waals surface area contributed by atoms with E-state index in [4.69, 9.17) is 4.98 Å². The summed E-state index contributed by atoms with van der Waals surface area (Å²) in [7, 11) is 0. The lowest BCUT2D eigenvalue weighted by molar-refractivity contribution is 0.0746. The normalized spacial score (nSPS) is 17.5. The molecule has 1 amide bonds. The van der Waals surface area contributed by atoms with Gasteiger partial charge in [0.2, 0.25) is 5.95 Å². The van der Waals surface area contributed by atoms with Gasteiger partial charge in [-0.1, -0.05) is 17.7 Å². The van der Waals surface area contributed by atoms with Gasteiger partial charge in [0.15, 0.2) is 0 Å². The van der Waals surface area contributed by atoms with Gasteiger partial charge >= 0.3 is 0 Å². The molecule has 3 heterocycles. The van der Waals surface area contributed by atoms with Gasteiger partial charge in [-0.15, -0.1) is 0 Å². The van der Waals surface area contributed by atoms with E-state index in [1.807, 2.05) is 43.0 Å². The molecule has 0 N–H and O–H groups in total. The van der Waals surface area contributed by atoms with Gasteiger partial charge in [0.1, 0.15) is 5.82 Å². The topological polar surface area (TPSA) is 52.6 Å². The van der Waals surface area contributed by atoms with Crippen LogP contribution in [0.2, 0.25) is 0 Å². The molecule has 0 unspecified atom stereocenters. The molecule has 1 aromatic heterocycles. The molecule has 2 aliphatic rings. The third-order valence-corrected chi connectivity index (χ3v) is 5.37. The highest BCUT2D eigenvalue weighted by atomic mass is 16.2. The van der Waals surface area contributed by atoms with Crippen LogP contribution in [0.5, 0.6) is 0 Å². The van der Waals surface area contributed by atoms with Crippen molar-refractivity contribution in [1.82, 2.24) is 14.9 Å². The zero-order valence-corrected chi connectivity index (χ0v) is 16.2. The molecule has 6 nitrogen and oxygen atoms in total. The number of nitrogens with zero attached hydrogens (tertiary/aromatic N) is 5. The molecule has 0 radical (unpaired) electrons. The van der Waals surface area contributed by atoms with Crippen LogP contribution < -0.4 is 9.80 Å². The summed E-state index contributed by atoms with van der Waals surface area (Å²) >= 11 is 0. The van der Waals surface area contributed by atoms with E-state index in [-0.39, 0.29) is 5.91 Å². The number of aromatic nitrogens is 2. The van der Waals surface area contributed by atoms with Gasteiger partial charge in [-0.05, 0) is 38.8 Å². The zero-order valence-electron chi connectivity index (χ0n) is 16.2. The first-order valence-electron chi connectivity index (χ1n) is 9.82. The van der Waals surface area contributed by atoms with E-state index in [1.165, 1.54) is 12.8 Å². The molecule has 0 saturated carbocycles. The van der Waals surface area contributed by atoms with E-state index in [1.54, 1.807) is 0 Å². The fraction of sp³-hybridized carbons (Fsp3) is 0.476. The van der Waals surface area contributed by atoms with Gasteiger partial charge < -0.3 is 14.7 Å². The second-order valence-corrected chi connectivity index (χ2v) is 7.51. The molecule has 2 fully saturated rings. The number of anilines is 2. The SMILES string of the molecule is Cc1cccc(C(=O)N2CCN(c3cc(C)nc(N4CCCC4)n3)CC2)c1.